The monoisotopic (exact) mass is 459 g/mol. The van der Waals surface area contributed by atoms with Crippen molar-refractivity contribution in [3.05, 3.63) is 62.7 Å². The molecule has 2 aromatic carbocycles. The summed E-state index contributed by atoms with van der Waals surface area (Å²) in [4.78, 5) is 34.5. The number of esters is 2. The zero-order chi connectivity index (χ0) is 23.3. The molecule has 11 heteroatoms. The van der Waals surface area contributed by atoms with Gasteiger partial charge in [-0.3, -0.25) is 14.9 Å². The summed E-state index contributed by atoms with van der Waals surface area (Å²) < 4.78 is 48.4. The van der Waals surface area contributed by atoms with Crippen LogP contribution in [0.25, 0.3) is 11.1 Å². The molecule has 7 nitrogen and oxygen atoms in total. The summed E-state index contributed by atoms with van der Waals surface area (Å²) in [6, 6.07) is 6.01. The summed E-state index contributed by atoms with van der Waals surface area (Å²) in [7, 11) is 0. The summed E-state index contributed by atoms with van der Waals surface area (Å²) >= 11 is 5.97. The predicted molar refractivity (Wildman–Crippen MR) is 105 cm³/mol. The van der Waals surface area contributed by atoms with Gasteiger partial charge in [-0.1, -0.05) is 17.7 Å². The molecule has 0 bridgehead atoms. The van der Waals surface area contributed by atoms with Gasteiger partial charge >= 0.3 is 18.1 Å². The number of nitro benzene ring substituents is 1. The van der Waals surface area contributed by atoms with Gasteiger partial charge in [0.25, 0.3) is 5.69 Å². The molecule has 0 saturated heterocycles. The van der Waals surface area contributed by atoms with E-state index in [-0.39, 0.29) is 29.2 Å². The first-order chi connectivity index (χ1) is 14.4. The van der Waals surface area contributed by atoms with Crippen LogP contribution in [-0.2, 0) is 20.4 Å². The van der Waals surface area contributed by atoms with E-state index < -0.39 is 46.0 Å². The highest BCUT2D eigenvalue weighted by atomic mass is 35.5. The maximum atomic E-state index is 12.8. The molecule has 0 spiro atoms. The maximum absolute atomic E-state index is 12.8. The first-order valence-corrected chi connectivity index (χ1v) is 9.34. The topological polar surface area (TPSA) is 95.7 Å². The molecule has 0 aliphatic heterocycles. The van der Waals surface area contributed by atoms with E-state index in [9.17, 15) is 32.9 Å². The van der Waals surface area contributed by atoms with Crippen molar-refractivity contribution in [1.29, 1.82) is 0 Å². The van der Waals surface area contributed by atoms with Crippen LogP contribution in [0.1, 0.15) is 36.2 Å². The minimum Gasteiger partial charge on any atom is -0.466 e. The molecule has 2 rings (SSSR count). The molecule has 0 heterocycles. The highest BCUT2D eigenvalue weighted by Crippen LogP contribution is 2.37. The Kier molecular flexibility index (Phi) is 7.61. The van der Waals surface area contributed by atoms with Crippen LogP contribution < -0.4 is 0 Å². The largest absolute Gasteiger partial charge is 0.466 e. The van der Waals surface area contributed by atoms with Crippen LogP contribution in [0.15, 0.2) is 36.4 Å². The van der Waals surface area contributed by atoms with Gasteiger partial charge in [0, 0.05) is 16.7 Å². The van der Waals surface area contributed by atoms with Gasteiger partial charge in [-0.25, -0.2) is 4.79 Å². The predicted octanol–water partition coefficient (Wildman–Crippen LogP) is 5.43. The lowest BCUT2D eigenvalue weighted by Crippen LogP contribution is -2.20. The van der Waals surface area contributed by atoms with Gasteiger partial charge in [0.15, 0.2) is 0 Å². The molecule has 1 atom stereocenters. The van der Waals surface area contributed by atoms with Crippen LogP contribution in [0, 0.1) is 10.1 Å². The van der Waals surface area contributed by atoms with Crippen LogP contribution in [0.5, 0.6) is 0 Å². The maximum Gasteiger partial charge on any atom is 0.416 e. The number of ether oxygens (including phenoxy) is 2. The Balaban J connectivity index is 2.38. The van der Waals surface area contributed by atoms with Crippen LogP contribution in [0.2, 0.25) is 5.02 Å². The molecular weight excluding hydrogens is 443 g/mol. The Hall–Kier alpha value is -3.14. The normalized spacial score (nSPS) is 12.2. The van der Waals surface area contributed by atoms with E-state index in [1.54, 1.807) is 6.92 Å². The van der Waals surface area contributed by atoms with Crippen LogP contribution >= 0.6 is 11.6 Å². The molecule has 0 amide bonds. The van der Waals surface area contributed by atoms with Crippen molar-refractivity contribution in [2.45, 2.75) is 32.5 Å². The van der Waals surface area contributed by atoms with Crippen molar-refractivity contribution in [2.24, 2.45) is 0 Å². The van der Waals surface area contributed by atoms with Gasteiger partial charge in [-0.2, -0.15) is 13.2 Å². The van der Waals surface area contributed by atoms with Crippen LogP contribution in [-0.4, -0.2) is 29.6 Å². The van der Waals surface area contributed by atoms with Crippen molar-refractivity contribution in [1.82, 2.24) is 0 Å². The molecular formula is C20H17ClF3NO6. The number of hydrogen-bond donors (Lipinski definition) is 0. The number of alkyl halides is 3. The van der Waals surface area contributed by atoms with Crippen molar-refractivity contribution >= 4 is 29.2 Å². The molecule has 0 aliphatic carbocycles. The van der Waals surface area contributed by atoms with Gasteiger partial charge in [-0.05, 0) is 43.7 Å². The number of rotatable bonds is 7. The fourth-order valence-corrected chi connectivity index (χ4v) is 2.98. The molecule has 2 aromatic rings. The van der Waals surface area contributed by atoms with E-state index in [0.717, 1.165) is 30.3 Å². The fourth-order valence-electron chi connectivity index (χ4n) is 2.69. The highest BCUT2D eigenvalue weighted by Gasteiger charge is 2.31. The third kappa shape index (κ3) is 6.17. The molecule has 1 unspecified atom stereocenters. The molecule has 0 aromatic heterocycles. The van der Waals surface area contributed by atoms with E-state index in [1.165, 1.54) is 13.0 Å². The number of carbonyl (C=O) groups is 2. The molecule has 166 valence electrons. The molecule has 31 heavy (non-hydrogen) atoms. The average Bonchev–Trinajstić information content (AvgIpc) is 2.66. The van der Waals surface area contributed by atoms with E-state index in [4.69, 9.17) is 21.1 Å². The van der Waals surface area contributed by atoms with Crippen molar-refractivity contribution in [3.8, 4) is 11.1 Å². The highest BCUT2D eigenvalue weighted by molar-refractivity contribution is 6.33. The lowest BCUT2D eigenvalue weighted by atomic mass is 10.00. The molecule has 0 fully saturated rings. The number of nitro groups is 1. The third-order valence-corrected chi connectivity index (χ3v) is 4.40. The first-order valence-electron chi connectivity index (χ1n) is 8.96. The van der Waals surface area contributed by atoms with E-state index in [0.29, 0.717) is 0 Å². The minimum absolute atomic E-state index is 0.137. The van der Waals surface area contributed by atoms with Gasteiger partial charge in [0.2, 0.25) is 0 Å². The fraction of sp³-hybridized carbons (Fsp3) is 0.300. The van der Waals surface area contributed by atoms with Crippen molar-refractivity contribution in [3.63, 3.8) is 0 Å². The van der Waals surface area contributed by atoms with Crippen molar-refractivity contribution < 1.29 is 37.2 Å². The molecule has 0 N–H and O–H groups in total. The van der Waals surface area contributed by atoms with Gasteiger partial charge in [0.1, 0.15) is 11.7 Å². The smallest absolute Gasteiger partial charge is 0.416 e. The standard InChI is InChI=1S/C20H17ClF3NO6/c1-3-30-18(26)8-11(2)31-19(27)15-9-12(4-7-17(15)25(28)29)14-6-5-13(10-16(14)21)20(22,23)24/h4-7,9-11H,3,8H2,1-2H3. The zero-order valence-corrected chi connectivity index (χ0v) is 17.1. The van der Waals surface area contributed by atoms with E-state index >= 15 is 0 Å². The SMILES string of the molecule is CCOC(=O)CC(C)OC(=O)c1cc(-c2ccc(C(F)(F)F)cc2Cl)ccc1[N+](=O)[O-]. The van der Waals surface area contributed by atoms with Gasteiger partial charge in [-0.15, -0.1) is 0 Å². The van der Waals surface area contributed by atoms with Crippen LogP contribution in [0.3, 0.4) is 0 Å². The molecule has 0 radical (unpaired) electrons. The summed E-state index contributed by atoms with van der Waals surface area (Å²) in [6.45, 7) is 3.16. The Morgan fingerprint density at radius 2 is 1.87 bits per heavy atom. The van der Waals surface area contributed by atoms with E-state index in [1.807, 2.05) is 0 Å². The number of hydrogen-bond acceptors (Lipinski definition) is 6. The quantitative estimate of drug-likeness (QED) is 0.311. The Bertz CT molecular complexity index is 1010. The van der Waals surface area contributed by atoms with Gasteiger partial charge in [0.05, 0.1) is 23.5 Å². The Morgan fingerprint density at radius 1 is 1.19 bits per heavy atom. The first kappa shape index (κ1) is 24.1. The third-order valence-electron chi connectivity index (χ3n) is 4.09. The minimum atomic E-state index is -4.60. The van der Waals surface area contributed by atoms with Crippen molar-refractivity contribution in [2.75, 3.05) is 6.61 Å². The second-order valence-electron chi connectivity index (χ2n) is 6.41. The lowest BCUT2D eigenvalue weighted by molar-refractivity contribution is -0.385. The second-order valence-corrected chi connectivity index (χ2v) is 6.81. The molecule has 0 aliphatic rings. The number of halogens is 4. The summed E-state index contributed by atoms with van der Waals surface area (Å²) in [6.07, 6.45) is -5.77. The number of carbonyl (C=O) groups excluding carboxylic acids is 2. The number of benzene rings is 2. The van der Waals surface area contributed by atoms with E-state index in [2.05, 4.69) is 0 Å². The summed E-state index contributed by atoms with van der Waals surface area (Å²) in [5, 5.41) is 11.1. The Morgan fingerprint density at radius 3 is 2.42 bits per heavy atom. The summed E-state index contributed by atoms with van der Waals surface area (Å²) in [5.74, 6) is -1.68. The Labute approximate surface area is 179 Å². The lowest BCUT2D eigenvalue weighted by Gasteiger charge is -2.14. The summed E-state index contributed by atoms with van der Waals surface area (Å²) in [5.41, 5.74) is -1.66. The zero-order valence-electron chi connectivity index (χ0n) is 16.4. The average molecular weight is 460 g/mol. The second kappa shape index (κ2) is 9.78. The number of nitrogens with zero attached hydrogens (tertiary/aromatic N) is 1. The molecule has 0 saturated carbocycles. The van der Waals surface area contributed by atoms with Gasteiger partial charge < -0.3 is 9.47 Å². The van der Waals surface area contributed by atoms with Crippen LogP contribution in [0.4, 0.5) is 18.9 Å².